The minimum atomic E-state index is -0.495. The molecule has 1 aliphatic carbocycles. The molecular weight excluding hydrogens is 267 g/mol. The van der Waals surface area contributed by atoms with Gasteiger partial charge in [-0.25, -0.2) is 4.39 Å². The number of rotatable bonds is 2. The predicted molar refractivity (Wildman–Crippen MR) is 74.6 cm³/mol. The van der Waals surface area contributed by atoms with E-state index in [9.17, 15) is 9.18 Å². The van der Waals surface area contributed by atoms with E-state index in [1.165, 1.54) is 18.2 Å². The van der Waals surface area contributed by atoms with Crippen molar-refractivity contribution in [1.82, 2.24) is 0 Å². The highest BCUT2D eigenvalue weighted by Crippen LogP contribution is 2.25. The summed E-state index contributed by atoms with van der Waals surface area (Å²) in [5.74, 6) is -0.769. The summed E-state index contributed by atoms with van der Waals surface area (Å²) in [6.45, 7) is 0. The molecule has 2 unspecified atom stereocenters. The highest BCUT2D eigenvalue weighted by molar-refractivity contribution is 6.31. The van der Waals surface area contributed by atoms with Crippen LogP contribution >= 0.6 is 11.6 Å². The van der Waals surface area contributed by atoms with Crippen LogP contribution in [0.5, 0.6) is 0 Å². The zero-order valence-electron chi connectivity index (χ0n) is 10.7. The van der Waals surface area contributed by atoms with E-state index in [1.54, 1.807) is 0 Å². The van der Waals surface area contributed by atoms with Crippen LogP contribution in [0.1, 0.15) is 32.1 Å². The van der Waals surface area contributed by atoms with Crippen molar-refractivity contribution in [3.05, 3.63) is 29.0 Å². The number of nitrogens with two attached hydrogens (primary N) is 1. The van der Waals surface area contributed by atoms with E-state index >= 15 is 0 Å². The third-order valence-corrected chi connectivity index (χ3v) is 3.88. The van der Waals surface area contributed by atoms with Gasteiger partial charge in [0.1, 0.15) is 5.82 Å². The Morgan fingerprint density at radius 2 is 2.05 bits per heavy atom. The van der Waals surface area contributed by atoms with Gasteiger partial charge in [-0.1, -0.05) is 30.9 Å². The van der Waals surface area contributed by atoms with E-state index in [1.807, 2.05) is 0 Å². The molecule has 1 saturated carbocycles. The Hall–Kier alpha value is -1.13. The second-order valence-corrected chi connectivity index (χ2v) is 5.43. The molecule has 2 atom stereocenters. The molecule has 3 nitrogen and oxygen atoms in total. The van der Waals surface area contributed by atoms with Crippen molar-refractivity contribution in [2.75, 3.05) is 5.32 Å². The van der Waals surface area contributed by atoms with E-state index in [4.69, 9.17) is 17.3 Å². The topological polar surface area (TPSA) is 55.1 Å². The van der Waals surface area contributed by atoms with Gasteiger partial charge in [-0.05, 0) is 31.0 Å². The smallest absolute Gasteiger partial charge is 0.229 e. The van der Waals surface area contributed by atoms with Crippen LogP contribution in [0.15, 0.2) is 18.2 Å². The molecule has 0 radical (unpaired) electrons. The quantitative estimate of drug-likeness (QED) is 0.819. The second kappa shape index (κ2) is 6.35. The van der Waals surface area contributed by atoms with Crippen LogP contribution in [-0.2, 0) is 4.79 Å². The number of amides is 1. The van der Waals surface area contributed by atoms with E-state index in [-0.39, 0.29) is 22.9 Å². The van der Waals surface area contributed by atoms with Crippen molar-refractivity contribution in [3.63, 3.8) is 0 Å². The van der Waals surface area contributed by atoms with Crippen LogP contribution < -0.4 is 11.1 Å². The lowest BCUT2D eigenvalue weighted by atomic mass is 9.94. The minimum Gasteiger partial charge on any atom is -0.327 e. The summed E-state index contributed by atoms with van der Waals surface area (Å²) in [6, 6.07) is 4.06. The minimum absolute atomic E-state index is 0.00275. The van der Waals surface area contributed by atoms with Gasteiger partial charge < -0.3 is 11.1 Å². The third-order valence-electron chi connectivity index (χ3n) is 3.59. The van der Waals surface area contributed by atoms with E-state index in [2.05, 4.69) is 5.32 Å². The van der Waals surface area contributed by atoms with Gasteiger partial charge in [0.15, 0.2) is 0 Å². The SMILES string of the molecule is NC1CCCCCC1C(=O)Nc1ccc(F)c(Cl)c1. The molecule has 0 saturated heterocycles. The predicted octanol–water partition coefficient (Wildman–Crippen LogP) is 3.33. The number of hydrogen-bond donors (Lipinski definition) is 2. The number of carbonyl (C=O) groups excluding carboxylic acids is 1. The first-order valence-corrected chi connectivity index (χ1v) is 6.97. The Morgan fingerprint density at radius 3 is 2.79 bits per heavy atom. The molecule has 1 aliphatic rings. The average molecular weight is 285 g/mol. The maximum Gasteiger partial charge on any atom is 0.229 e. The highest BCUT2D eigenvalue weighted by Gasteiger charge is 2.27. The average Bonchev–Trinajstić information content (AvgIpc) is 2.58. The Balaban J connectivity index is 2.04. The monoisotopic (exact) mass is 284 g/mol. The highest BCUT2D eigenvalue weighted by atomic mass is 35.5. The first kappa shape index (κ1) is 14.3. The normalized spacial score (nSPS) is 23.7. The largest absolute Gasteiger partial charge is 0.327 e. The Kier molecular flexibility index (Phi) is 4.77. The van der Waals surface area contributed by atoms with Gasteiger partial charge >= 0.3 is 0 Å². The molecule has 1 aromatic rings. The summed E-state index contributed by atoms with van der Waals surface area (Å²) in [5.41, 5.74) is 6.55. The van der Waals surface area contributed by atoms with Crippen molar-refractivity contribution in [2.24, 2.45) is 11.7 Å². The fraction of sp³-hybridized carbons (Fsp3) is 0.500. The van der Waals surface area contributed by atoms with Crippen molar-refractivity contribution in [2.45, 2.75) is 38.1 Å². The van der Waals surface area contributed by atoms with E-state index < -0.39 is 5.82 Å². The lowest BCUT2D eigenvalue weighted by Gasteiger charge is -2.20. The second-order valence-electron chi connectivity index (χ2n) is 5.03. The number of anilines is 1. The molecule has 1 fully saturated rings. The maximum atomic E-state index is 13.0. The first-order valence-electron chi connectivity index (χ1n) is 6.59. The standard InChI is InChI=1S/C14H18ClFN2O/c15-11-8-9(6-7-12(11)16)18-14(19)10-4-2-1-3-5-13(10)17/h6-8,10,13H,1-5,17H2,(H,18,19). The van der Waals surface area contributed by atoms with Gasteiger partial charge in [0, 0.05) is 11.7 Å². The summed E-state index contributed by atoms with van der Waals surface area (Å²) in [6.07, 6.45) is 4.91. The van der Waals surface area contributed by atoms with Crippen molar-refractivity contribution < 1.29 is 9.18 Å². The molecule has 1 aromatic carbocycles. The summed E-state index contributed by atoms with van der Waals surface area (Å²) < 4.78 is 13.0. The molecule has 0 heterocycles. The molecule has 5 heteroatoms. The fourth-order valence-electron chi connectivity index (χ4n) is 2.47. The molecule has 0 aliphatic heterocycles. The van der Waals surface area contributed by atoms with Crippen LogP contribution in [0.3, 0.4) is 0 Å². The van der Waals surface area contributed by atoms with Gasteiger partial charge in [-0.2, -0.15) is 0 Å². The van der Waals surface area contributed by atoms with Gasteiger partial charge in [0.25, 0.3) is 0 Å². The Labute approximate surface area is 117 Å². The molecule has 0 bridgehead atoms. The molecule has 3 N–H and O–H groups in total. The van der Waals surface area contributed by atoms with Crippen LogP contribution in [0.2, 0.25) is 5.02 Å². The van der Waals surface area contributed by atoms with Gasteiger partial charge in [-0.3, -0.25) is 4.79 Å². The summed E-state index contributed by atoms with van der Waals surface area (Å²) >= 11 is 5.69. The number of halogens is 2. The van der Waals surface area contributed by atoms with Crippen LogP contribution in [0.4, 0.5) is 10.1 Å². The van der Waals surface area contributed by atoms with E-state index in [0.29, 0.717) is 5.69 Å². The van der Waals surface area contributed by atoms with Crippen LogP contribution in [0, 0.1) is 11.7 Å². The molecule has 19 heavy (non-hydrogen) atoms. The zero-order valence-corrected chi connectivity index (χ0v) is 11.4. The van der Waals surface area contributed by atoms with Crippen LogP contribution in [0.25, 0.3) is 0 Å². The molecule has 1 amide bonds. The van der Waals surface area contributed by atoms with Gasteiger partial charge in [0.2, 0.25) is 5.91 Å². The Bertz CT molecular complexity index is 467. The number of benzene rings is 1. The molecule has 0 spiro atoms. The Morgan fingerprint density at radius 1 is 1.32 bits per heavy atom. The van der Waals surface area contributed by atoms with Gasteiger partial charge in [-0.15, -0.1) is 0 Å². The van der Waals surface area contributed by atoms with Crippen molar-refractivity contribution in [1.29, 1.82) is 0 Å². The zero-order chi connectivity index (χ0) is 13.8. The molecular formula is C14H18ClFN2O. The third kappa shape index (κ3) is 3.67. The fourth-order valence-corrected chi connectivity index (χ4v) is 2.65. The van der Waals surface area contributed by atoms with Crippen molar-refractivity contribution in [3.8, 4) is 0 Å². The lowest BCUT2D eigenvalue weighted by molar-refractivity contribution is -0.120. The maximum absolute atomic E-state index is 13.0. The molecule has 2 rings (SSSR count). The summed E-state index contributed by atoms with van der Waals surface area (Å²) in [5, 5.41) is 2.77. The number of nitrogens with one attached hydrogen (secondary N) is 1. The van der Waals surface area contributed by atoms with Crippen molar-refractivity contribution >= 4 is 23.2 Å². The van der Waals surface area contributed by atoms with Crippen LogP contribution in [-0.4, -0.2) is 11.9 Å². The number of carbonyl (C=O) groups is 1. The molecule has 0 aromatic heterocycles. The summed E-state index contributed by atoms with van der Waals surface area (Å²) in [7, 11) is 0. The number of hydrogen-bond acceptors (Lipinski definition) is 2. The summed E-state index contributed by atoms with van der Waals surface area (Å²) in [4.78, 5) is 12.2. The lowest BCUT2D eigenvalue weighted by Crippen LogP contribution is -2.37. The van der Waals surface area contributed by atoms with Gasteiger partial charge in [0.05, 0.1) is 10.9 Å². The first-order chi connectivity index (χ1) is 9.08. The molecule has 104 valence electrons. The van der Waals surface area contributed by atoms with E-state index in [0.717, 1.165) is 32.1 Å².